The number of ether oxygens (including phenoxy) is 1. The highest BCUT2D eigenvalue weighted by atomic mass is 32.2. The standard InChI is InChI=1S/C18H29N5O2S/c1-21-10-11-23(15-5-8-19-17(20-15)26-3)14-18(21)6-4-16(24)22(9-7-18)12-13-25-2/h5,8H,4,6-7,9-14H2,1-3H3. The van der Waals surface area contributed by atoms with Gasteiger partial charge in [-0.15, -0.1) is 0 Å². The zero-order valence-electron chi connectivity index (χ0n) is 16.0. The molecule has 2 fully saturated rings. The molecule has 2 aliphatic heterocycles. The van der Waals surface area contributed by atoms with E-state index in [0.717, 1.165) is 50.0 Å². The first-order chi connectivity index (χ1) is 12.6. The van der Waals surface area contributed by atoms with Gasteiger partial charge in [-0.1, -0.05) is 11.8 Å². The van der Waals surface area contributed by atoms with Crippen molar-refractivity contribution in [1.82, 2.24) is 19.8 Å². The first-order valence-corrected chi connectivity index (χ1v) is 10.4. The number of carbonyl (C=O) groups excluding carboxylic acids is 1. The van der Waals surface area contributed by atoms with E-state index in [2.05, 4.69) is 26.8 Å². The van der Waals surface area contributed by atoms with Crippen LogP contribution in [0.1, 0.15) is 19.3 Å². The van der Waals surface area contributed by atoms with Crippen LogP contribution < -0.4 is 4.90 Å². The topological polar surface area (TPSA) is 61.8 Å². The predicted octanol–water partition coefficient (Wildman–Crippen LogP) is 1.35. The highest BCUT2D eigenvalue weighted by molar-refractivity contribution is 7.98. The van der Waals surface area contributed by atoms with E-state index >= 15 is 0 Å². The predicted molar refractivity (Wildman–Crippen MR) is 104 cm³/mol. The summed E-state index contributed by atoms with van der Waals surface area (Å²) in [6.07, 6.45) is 6.30. The Bertz CT molecular complexity index is 631. The largest absolute Gasteiger partial charge is 0.383 e. The molecule has 7 nitrogen and oxygen atoms in total. The number of hydrogen-bond donors (Lipinski definition) is 0. The molecule has 3 heterocycles. The summed E-state index contributed by atoms with van der Waals surface area (Å²) in [6.45, 7) is 4.90. The summed E-state index contributed by atoms with van der Waals surface area (Å²) in [6, 6.07) is 1.99. The second-order valence-corrected chi connectivity index (χ2v) is 7.87. The van der Waals surface area contributed by atoms with Crippen molar-refractivity contribution >= 4 is 23.5 Å². The summed E-state index contributed by atoms with van der Waals surface area (Å²) in [7, 11) is 3.88. The lowest BCUT2D eigenvalue weighted by atomic mass is 9.86. The van der Waals surface area contributed by atoms with Crippen LogP contribution in [0, 0.1) is 0 Å². The van der Waals surface area contributed by atoms with Crippen LogP contribution in [-0.2, 0) is 9.53 Å². The molecule has 0 N–H and O–H groups in total. The summed E-state index contributed by atoms with van der Waals surface area (Å²) in [5.41, 5.74) is 0.0141. The second kappa shape index (κ2) is 8.54. The van der Waals surface area contributed by atoms with E-state index in [1.54, 1.807) is 18.9 Å². The Morgan fingerprint density at radius 3 is 2.92 bits per heavy atom. The maximum absolute atomic E-state index is 12.5. The molecule has 1 unspecified atom stereocenters. The SMILES string of the molecule is COCCN1CCC2(CCC1=O)CN(c1ccnc(SC)n1)CCN2C. The number of nitrogens with zero attached hydrogens (tertiary/aromatic N) is 5. The van der Waals surface area contributed by atoms with Gasteiger partial charge in [0.25, 0.3) is 0 Å². The smallest absolute Gasteiger partial charge is 0.222 e. The molecule has 1 amide bonds. The summed E-state index contributed by atoms with van der Waals surface area (Å²) in [5, 5.41) is 0.803. The van der Waals surface area contributed by atoms with E-state index in [1.807, 2.05) is 23.4 Å². The molecular formula is C18H29N5O2S. The molecule has 1 atom stereocenters. The Balaban J connectivity index is 1.75. The van der Waals surface area contributed by atoms with Crippen molar-refractivity contribution in [3.05, 3.63) is 12.3 Å². The van der Waals surface area contributed by atoms with Crippen molar-refractivity contribution in [2.75, 3.05) is 64.6 Å². The van der Waals surface area contributed by atoms with Gasteiger partial charge in [0.05, 0.1) is 6.61 Å². The van der Waals surface area contributed by atoms with Crippen molar-refractivity contribution in [1.29, 1.82) is 0 Å². The van der Waals surface area contributed by atoms with Gasteiger partial charge < -0.3 is 14.5 Å². The first-order valence-electron chi connectivity index (χ1n) is 9.18. The molecule has 0 aromatic carbocycles. The normalized spacial score (nSPS) is 25.0. The van der Waals surface area contributed by atoms with Gasteiger partial charge >= 0.3 is 0 Å². The molecule has 8 heteroatoms. The van der Waals surface area contributed by atoms with Gasteiger partial charge in [0, 0.05) is 58.0 Å². The Morgan fingerprint density at radius 2 is 2.15 bits per heavy atom. The van der Waals surface area contributed by atoms with Crippen LogP contribution in [0.25, 0.3) is 0 Å². The van der Waals surface area contributed by atoms with Crippen LogP contribution in [0.4, 0.5) is 5.82 Å². The molecule has 1 spiro atoms. The third-order valence-electron chi connectivity index (χ3n) is 5.69. The number of anilines is 1. The third kappa shape index (κ3) is 4.13. The van der Waals surface area contributed by atoms with Gasteiger partial charge in [0.15, 0.2) is 5.16 Å². The molecule has 0 saturated carbocycles. The van der Waals surface area contributed by atoms with Gasteiger partial charge in [-0.3, -0.25) is 9.69 Å². The lowest BCUT2D eigenvalue weighted by molar-refractivity contribution is -0.131. The first kappa shape index (κ1) is 19.4. The average molecular weight is 380 g/mol. The number of likely N-dealkylation sites (N-methyl/N-ethyl adjacent to an activating group) is 1. The van der Waals surface area contributed by atoms with Crippen molar-refractivity contribution < 1.29 is 9.53 Å². The Kier molecular flexibility index (Phi) is 6.37. The number of rotatable bonds is 5. The number of amides is 1. The molecule has 1 aromatic heterocycles. The summed E-state index contributed by atoms with van der Waals surface area (Å²) >= 11 is 1.56. The van der Waals surface area contributed by atoms with Crippen LogP contribution in [0.3, 0.4) is 0 Å². The number of likely N-dealkylation sites (tertiary alicyclic amines) is 1. The van der Waals surface area contributed by atoms with Crippen LogP contribution in [0.5, 0.6) is 0 Å². The maximum Gasteiger partial charge on any atom is 0.222 e. The zero-order chi connectivity index (χ0) is 18.6. The number of piperazine rings is 1. The number of thioether (sulfide) groups is 1. The van der Waals surface area contributed by atoms with E-state index in [4.69, 9.17) is 4.74 Å². The van der Waals surface area contributed by atoms with Crippen LogP contribution in [-0.4, -0.2) is 91.0 Å². The van der Waals surface area contributed by atoms with Crippen molar-refractivity contribution in [2.24, 2.45) is 0 Å². The molecule has 3 rings (SSSR count). The highest BCUT2D eigenvalue weighted by Crippen LogP contribution is 2.33. The number of hydrogen-bond acceptors (Lipinski definition) is 7. The Labute approximate surface area is 160 Å². The summed E-state index contributed by atoms with van der Waals surface area (Å²) < 4.78 is 5.16. The van der Waals surface area contributed by atoms with Gasteiger partial charge in [-0.05, 0) is 32.2 Å². The van der Waals surface area contributed by atoms with Crippen molar-refractivity contribution in [2.45, 2.75) is 30.0 Å². The molecule has 0 radical (unpaired) electrons. The van der Waals surface area contributed by atoms with Gasteiger partial charge in [-0.2, -0.15) is 0 Å². The van der Waals surface area contributed by atoms with Crippen molar-refractivity contribution in [3.8, 4) is 0 Å². The van der Waals surface area contributed by atoms with E-state index in [-0.39, 0.29) is 11.4 Å². The molecular weight excluding hydrogens is 350 g/mol. The summed E-state index contributed by atoms with van der Waals surface area (Å²) in [5.74, 6) is 1.24. The number of methoxy groups -OCH3 is 1. The van der Waals surface area contributed by atoms with E-state index < -0.39 is 0 Å². The molecule has 0 aliphatic carbocycles. The zero-order valence-corrected chi connectivity index (χ0v) is 16.8. The van der Waals surface area contributed by atoms with Gasteiger partial charge in [-0.25, -0.2) is 9.97 Å². The monoisotopic (exact) mass is 379 g/mol. The fourth-order valence-electron chi connectivity index (χ4n) is 3.93. The maximum atomic E-state index is 12.5. The Hall–Kier alpha value is -1.38. The molecule has 0 bridgehead atoms. The molecule has 2 aliphatic rings. The quantitative estimate of drug-likeness (QED) is 0.565. The van der Waals surface area contributed by atoms with Crippen LogP contribution >= 0.6 is 11.8 Å². The van der Waals surface area contributed by atoms with Gasteiger partial charge in [0.1, 0.15) is 5.82 Å². The highest BCUT2D eigenvalue weighted by Gasteiger charge is 2.42. The van der Waals surface area contributed by atoms with E-state index in [0.29, 0.717) is 19.6 Å². The van der Waals surface area contributed by atoms with Crippen molar-refractivity contribution in [3.63, 3.8) is 0 Å². The Morgan fingerprint density at radius 1 is 1.31 bits per heavy atom. The van der Waals surface area contributed by atoms with Crippen LogP contribution in [0.2, 0.25) is 0 Å². The lowest BCUT2D eigenvalue weighted by Gasteiger charge is -2.49. The second-order valence-electron chi connectivity index (χ2n) is 7.09. The number of carbonyl (C=O) groups is 1. The minimum atomic E-state index is 0.0141. The molecule has 26 heavy (non-hydrogen) atoms. The van der Waals surface area contributed by atoms with Gasteiger partial charge in [0.2, 0.25) is 5.91 Å². The lowest BCUT2D eigenvalue weighted by Crippen LogP contribution is -2.61. The molecule has 1 aromatic rings. The van der Waals surface area contributed by atoms with E-state index in [1.165, 1.54) is 0 Å². The summed E-state index contributed by atoms with van der Waals surface area (Å²) in [4.78, 5) is 28.2. The fraction of sp³-hybridized carbons (Fsp3) is 0.722. The van der Waals surface area contributed by atoms with Crippen LogP contribution in [0.15, 0.2) is 17.4 Å². The number of aromatic nitrogens is 2. The fourth-order valence-corrected chi connectivity index (χ4v) is 4.28. The average Bonchev–Trinajstić information content (AvgIpc) is 2.82. The minimum absolute atomic E-state index is 0.0141. The minimum Gasteiger partial charge on any atom is -0.383 e. The molecule has 144 valence electrons. The van der Waals surface area contributed by atoms with E-state index in [9.17, 15) is 4.79 Å². The molecule has 2 saturated heterocycles. The third-order valence-corrected chi connectivity index (χ3v) is 6.26.